The van der Waals surface area contributed by atoms with Crippen LogP contribution in [0.1, 0.15) is 48.2 Å². The Morgan fingerprint density at radius 2 is 1.70 bits per heavy atom. The number of amides is 1. The van der Waals surface area contributed by atoms with E-state index in [1.54, 1.807) is 41.3 Å². The highest BCUT2D eigenvalue weighted by Crippen LogP contribution is 2.14. The molecule has 0 aromatic heterocycles. The van der Waals surface area contributed by atoms with Gasteiger partial charge in [0, 0.05) is 25.1 Å². The molecule has 0 heterocycles. The number of nitrogens with zero attached hydrogens (tertiary/aromatic N) is 2. The van der Waals surface area contributed by atoms with Crippen molar-refractivity contribution in [1.29, 1.82) is 5.26 Å². The molecule has 0 atom stereocenters. The molecule has 140 valence electrons. The lowest BCUT2D eigenvalue weighted by Crippen LogP contribution is -2.35. The molecular weight excluding hydrogens is 340 g/mol. The first-order valence-electron chi connectivity index (χ1n) is 9.10. The lowest BCUT2D eigenvalue weighted by atomic mass is 10.1. The Balaban J connectivity index is 1.95. The van der Waals surface area contributed by atoms with Gasteiger partial charge < -0.3 is 9.64 Å². The number of ketones is 1. The predicted molar refractivity (Wildman–Crippen MR) is 103 cm³/mol. The summed E-state index contributed by atoms with van der Waals surface area (Å²) in [5.41, 5.74) is 2.21. The smallest absolute Gasteiger partial charge is 0.260 e. The Morgan fingerprint density at radius 3 is 2.26 bits per heavy atom. The van der Waals surface area contributed by atoms with E-state index in [1.807, 2.05) is 26.0 Å². The summed E-state index contributed by atoms with van der Waals surface area (Å²) in [6.45, 7) is 4.89. The second-order valence-corrected chi connectivity index (χ2v) is 6.21. The standard InChI is InChI=1S/C22H24N2O3/c1-3-13-24(15-18-7-5-17(14-23)6-8-18)22(26)16-27-20-11-9-19(10-12-20)21(25)4-2/h5-12H,3-4,13,15-16H2,1-2H3. The number of Topliss-reactive ketones (excluding diaryl/α,β-unsaturated/α-hetero) is 1. The first-order valence-corrected chi connectivity index (χ1v) is 9.10. The summed E-state index contributed by atoms with van der Waals surface area (Å²) in [5, 5.41) is 8.87. The zero-order valence-electron chi connectivity index (χ0n) is 15.8. The van der Waals surface area contributed by atoms with Gasteiger partial charge in [0.15, 0.2) is 12.4 Å². The van der Waals surface area contributed by atoms with Crippen molar-refractivity contribution in [3.05, 3.63) is 65.2 Å². The SMILES string of the molecule is CCCN(Cc1ccc(C#N)cc1)C(=O)COc1ccc(C(=O)CC)cc1. The molecule has 5 heteroatoms. The number of hydrogen-bond acceptors (Lipinski definition) is 4. The number of benzene rings is 2. The summed E-state index contributed by atoms with van der Waals surface area (Å²) in [6.07, 6.45) is 1.30. The molecule has 0 bridgehead atoms. The molecule has 0 aliphatic rings. The van der Waals surface area contributed by atoms with Crippen LogP contribution in [0.15, 0.2) is 48.5 Å². The number of carbonyl (C=O) groups excluding carboxylic acids is 2. The molecule has 2 aromatic rings. The van der Waals surface area contributed by atoms with E-state index in [0.717, 1.165) is 12.0 Å². The zero-order valence-corrected chi connectivity index (χ0v) is 15.8. The van der Waals surface area contributed by atoms with Gasteiger partial charge in [0.25, 0.3) is 5.91 Å². The van der Waals surface area contributed by atoms with Crippen LogP contribution in [0.2, 0.25) is 0 Å². The highest BCUT2D eigenvalue weighted by atomic mass is 16.5. The summed E-state index contributed by atoms with van der Waals surface area (Å²) in [7, 11) is 0. The summed E-state index contributed by atoms with van der Waals surface area (Å²) in [5.74, 6) is 0.537. The van der Waals surface area contributed by atoms with Gasteiger partial charge in [0.05, 0.1) is 11.6 Å². The van der Waals surface area contributed by atoms with Gasteiger partial charge in [-0.1, -0.05) is 26.0 Å². The summed E-state index contributed by atoms with van der Waals surface area (Å²) < 4.78 is 5.59. The Bertz CT molecular complexity index is 805. The minimum Gasteiger partial charge on any atom is -0.484 e. The number of rotatable bonds is 9. The average Bonchev–Trinajstić information content (AvgIpc) is 2.72. The molecule has 0 unspecified atom stereocenters. The van der Waals surface area contributed by atoms with Crippen LogP contribution < -0.4 is 4.74 Å². The molecule has 0 saturated heterocycles. The van der Waals surface area contributed by atoms with Crippen molar-refractivity contribution >= 4 is 11.7 Å². The molecule has 0 fully saturated rings. The molecule has 0 N–H and O–H groups in total. The van der Waals surface area contributed by atoms with E-state index < -0.39 is 0 Å². The lowest BCUT2D eigenvalue weighted by molar-refractivity contribution is -0.134. The molecule has 5 nitrogen and oxygen atoms in total. The maximum atomic E-state index is 12.5. The number of ether oxygens (including phenoxy) is 1. The van der Waals surface area contributed by atoms with Crippen molar-refractivity contribution in [3.8, 4) is 11.8 Å². The first-order chi connectivity index (χ1) is 13.1. The predicted octanol–water partition coefficient (Wildman–Crippen LogP) is 3.97. The van der Waals surface area contributed by atoms with Crippen LogP contribution in [0.25, 0.3) is 0 Å². The third kappa shape index (κ3) is 5.96. The van der Waals surface area contributed by atoms with Crippen molar-refractivity contribution in [1.82, 2.24) is 4.90 Å². The highest BCUT2D eigenvalue weighted by molar-refractivity contribution is 5.95. The summed E-state index contributed by atoms with van der Waals surface area (Å²) in [6, 6.07) is 16.2. The number of nitriles is 1. The van der Waals surface area contributed by atoms with Gasteiger partial charge in [-0.05, 0) is 48.4 Å². The van der Waals surface area contributed by atoms with E-state index >= 15 is 0 Å². The Kier molecular flexibility index (Phi) is 7.57. The van der Waals surface area contributed by atoms with E-state index in [2.05, 4.69) is 6.07 Å². The van der Waals surface area contributed by atoms with Gasteiger partial charge in [0.1, 0.15) is 5.75 Å². The van der Waals surface area contributed by atoms with Crippen molar-refractivity contribution in [2.75, 3.05) is 13.2 Å². The molecule has 0 spiro atoms. The molecule has 2 aromatic carbocycles. The normalized spacial score (nSPS) is 10.1. The molecular formula is C22H24N2O3. The minimum atomic E-state index is -0.102. The van der Waals surface area contributed by atoms with Gasteiger partial charge in [-0.15, -0.1) is 0 Å². The van der Waals surface area contributed by atoms with Crippen molar-refractivity contribution in [2.24, 2.45) is 0 Å². The summed E-state index contributed by atoms with van der Waals surface area (Å²) >= 11 is 0. The van der Waals surface area contributed by atoms with Gasteiger partial charge in [-0.2, -0.15) is 5.26 Å². The molecule has 0 radical (unpaired) electrons. The van der Waals surface area contributed by atoms with Crippen molar-refractivity contribution < 1.29 is 14.3 Å². The maximum Gasteiger partial charge on any atom is 0.260 e. The van der Waals surface area contributed by atoms with E-state index in [4.69, 9.17) is 10.00 Å². The van der Waals surface area contributed by atoms with Gasteiger partial charge in [-0.3, -0.25) is 9.59 Å². The van der Waals surface area contributed by atoms with Gasteiger partial charge in [-0.25, -0.2) is 0 Å². The second-order valence-electron chi connectivity index (χ2n) is 6.21. The monoisotopic (exact) mass is 364 g/mol. The van der Waals surface area contributed by atoms with E-state index in [0.29, 0.717) is 36.4 Å². The van der Waals surface area contributed by atoms with Crippen molar-refractivity contribution in [2.45, 2.75) is 33.2 Å². The quantitative estimate of drug-likeness (QED) is 0.631. The minimum absolute atomic E-state index is 0.0582. The molecule has 0 aliphatic carbocycles. The fourth-order valence-corrected chi connectivity index (χ4v) is 2.64. The van der Waals surface area contributed by atoms with Crippen LogP contribution in [0.5, 0.6) is 5.75 Å². The molecule has 2 rings (SSSR count). The second kappa shape index (κ2) is 10.1. The van der Waals surface area contributed by atoms with Crippen LogP contribution in [0, 0.1) is 11.3 Å². The van der Waals surface area contributed by atoms with Gasteiger partial charge >= 0.3 is 0 Å². The van der Waals surface area contributed by atoms with Crippen LogP contribution in [-0.2, 0) is 11.3 Å². The van der Waals surface area contributed by atoms with Gasteiger partial charge in [0.2, 0.25) is 0 Å². The Morgan fingerprint density at radius 1 is 1.04 bits per heavy atom. The number of hydrogen-bond donors (Lipinski definition) is 0. The largest absolute Gasteiger partial charge is 0.484 e. The van der Waals surface area contributed by atoms with Crippen LogP contribution in [0.3, 0.4) is 0 Å². The fourth-order valence-electron chi connectivity index (χ4n) is 2.64. The molecule has 0 aliphatic heterocycles. The number of carbonyl (C=O) groups is 2. The third-order valence-corrected chi connectivity index (χ3v) is 4.16. The highest BCUT2D eigenvalue weighted by Gasteiger charge is 2.14. The Labute approximate surface area is 160 Å². The van der Waals surface area contributed by atoms with Crippen LogP contribution in [0.4, 0.5) is 0 Å². The van der Waals surface area contributed by atoms with E-state index in [-0.39, 0.29) is 18.3 Å². The van der Waals surface area contributed by atoms with Crippen LogP contribution in [-0.4, -0.2) is 29.7 Å². The topological polar surface area (TPSA) is 70.4 Å². The zero-order chi connectivity index (χ0) is 19.6. The fraction of sp³-hybridized carbons (Fsp3) is 0.318. The van der Waals surface area contributed by atoms with E-state index in [1.165, 1.54) is 0 Å². The first kappa shape index (κ1) is 20.2. The van der Waals surface area contributed by atoms with E-state index in [9.17, 15) is 9.59 Å². The van der Waals surface area contributed by atoms with Crippen molar-refractivity contribution in [3.63, 3.8) is 0 Å². The molecule has 1 amide bonds. The molecule has 0 saturated carbocycles. The maximum absolute atomic E-state index is 12.5. The average molecular weight is 364 g/mol. The lowest BCUT2D eigenvalue weighted by Gasteiger charge is -2.22. The third-order valence-electron chi connectivity index (χ3n) is 4.16. The summed E-state index contributed by atoms with van der Waals surface area (Å²) in [4.78, 5) is 25.9. The van der Waals surface area contributed by atoms with Crippen LogP contribution >= 0.6 is 0 Å². The Hall–Kier alpha value is -3.13. The molecule has 27 heavy (non-hydrogen) atoms.